The van der Waals surface area contributed by atoms with Crippen molar-refractivity contribution in [1.82, 2.24) is 26.6 Å². The number of epoxide rings is 1. The molecule has 15 nitrogen and oxygen atoms in total. The molecular weight excluding hydrogens is 766 g/mol. The second-order valence-electron chi connectivity index (χ2n) is 14.4. The highest BCUT2D eigenvalue weighted by atomic mass is 35.5. The zero-order valence-corrected chi connectivity index (χ0v) is 33.7. The lowest BCUT2D eigenvalue weighted by molar-refractivity contribution is -0.135. The van der Waals surface area contributed by atoms with Crippen molar-refractivity contribution >= 4 is 46.9 Å². The normalized spacial score (nSPS) is 17.6. The number of nitrogens with two attached hydrogens (primary N) is 2. The Morgan fingerprint density at radius 3 is 1.86 bits per heavy atom. The van der Waals surface area contributed by atoms with Crippen LogP contribution in [0.25, 0.3) is 11.1 Å². The zero-order chi connectivity index (χ0) is 42.4. The highest BCUT2D eigenvalue weighted by Gasteiger charge is 2.46. The average molecular weight is 820 g/mol. The number of rotatable bonds is 22. The van der Waals surface area contributed by atoms with Crippen molar-refractivity contribution in [2.24, 2.45) is 11.5 Å². The second kappa shape index (κ2) is 22.1. The van der Waals surface area contributed by atoms with Crippen LogP contribution in [0.3, 0.4) is 0 Å². The predicted octanol–water partition coefficient (Wildman–Crippen LogP) is 1.52. The molecule has 58 heavy (non-hydrogen) atoms. The Hall–Kier alpha value is -5.19. The van der Waals surface area contributed by atoms with Crippen molar-refractivity contribution in [1.29, 1.82) is 0 Å². The van der Waals surface area contributed by atoms with Crippen LogP contribution in [0, 0.1) is 0 Å². The van der Waals surface area contributed by atoms with Gasteiger partial charge in [0, 0.05) is 17.0 Å². The first-order valence-electron chi connectivity index (χ1n) is 19.4. The molecule has 0 radical (unpaired) electrons. The van der Waals surface area contributed by atoms with Crippen molar-refractivity contribution in [2.75, 3.05) is 13.1 Å². The molecule has 8 atom stereocenters. The van der Waals surface area contributed by atoms with Crippen LogP contribution in [0.1, 0.15) is 62.4 Å². The monoisotopic (exact) mass is 819 g/mol. The summed E-state index contributed by atoms with van der Waals surface area (Å²) in [5.74, 6) is -3.83. The number of ketones is 1. The summed E-state index contributed by atoms with van der Waals surface area (Å²) in [5.41, 5.74) is 14.4. The van der Waals surface area contributed by atoms with Crippen LogP contribution in [-0.2, 0) is 35.1 Å². The second-order valence-corrected chi connectivity index (χ2v) is 14.8. The number of benzene rings is 3. The van der Waals surface area contributed by atoms with Gasteiger partial charge in [0.25, 0.3) is 5.91 Å². The Kier molecular flexibility index (Phi) is 17.3. The predicted molar refractivity (Wildman–Crippen MR) is 219 cm³/mol. The molecule has 0 aliphatic carbocycles. The molecule has 0 aromatic heterocycles. The Morgan fingerprint density at radius 1 is 0.672 bits per heavy atom. The standard InChI is InChI=1S/C42H54ClN7O8/c1-24(36(52)37-34(58-37)23-27-9-5-4-6-10-27)46-40(55)32(11-7-8-21-44)48-38(53)25(2)47-42(57)35(26(3)51)50-41(56)33(20-22-45)49-39(54)30-14-12-28(13-15-30)29-16-18-31(43)19-17-29/h4-6,9-10,12-19,24-26,32-35,37,51H,7-8,11,20-23,44-45H2,1-3H3,(H,46,55)(H,47,57)(H,48,53)(H,49,54)(H,50,56)/t24-,25-,26+,32-,33-,34+,35-,37?/m0/s1. The maximum Gasteiger partial charge on any atom is 0.251 e. The van der Waals surface area contributed by atoms with Crippen LogP contribution >= 0.6 is 11.6 Å². The third-order valence-corrected chi connectivity index (χ3v) is 9.98. The molecule has 1 aliphatic rings. The minimum Gasteiger partial charge on any atom is -0.391 e. The van der Waals surface area contributed by atoms with E-state index in [-0.39, 0.29) is 36.8 Å². The molecule has 0 saturated carbocycles. The van der Waals surface area contributed by atoms with E-state index in [9.17, 15) is 33.9 Å². The van der Waals surface area contributed by atoms with E-state index in [1.807, 2.05) is 42.5 Å². The quantitative estimate of drug-likeness (QED) is 0.0537. The average Bonchev–Trinajstić information content (AvgIpc) is 3.98. The maximum absolute atomic E-state index is 13.4. The summed E-state index contributed by atoms with van der Waals surface area (Å²) in [7, 11) is 0. The number of carbonyl (C=O) groups excluding carboxylic acids is 6. The van der Waals surface area contributed by atoms with Crippen molar-refractivity contribution in [3.05, 3.63) is 95.0 Å². The van der Waals surface area contributed by atoms with Gasteiger partial charge in [0.15, 0.2) is 5.78 Å². The fourth-order valence-electron chi connectivity index (χ4n) is 6.25. The first-order valence-corrected chi connectivity index (χ1v) is 19.8. The summed E-state index contributed by atoms with van der Waals surface area (Å²) in [6, 6.07) is 17.7. The Labute approximate surface area is 343 Å². The summed E-state index contributed by atoms with van der Waals surface area (Å²) in [5, 5.41) is 24.0. The van der Waals surface area contributed by atoms with Crippen LogP contribution in [0.5, 0.6) is 0 Å². The summed E-state index contributed by atoms with van der Waals surface area (Å²) in [4.78, 5) is 79.6. The van der Waals surface area contributed by atoms with Crippen LogP contribution in [0.2, 0.25) is 5.02 Å². The number of aliphatic hydroxyl groups excluding tert-OH is 1. The van der Waals surface area contributed by atoms with E-state index >= 15 is 0 Å². The molecule has 1 saturated heterocycles. The van der Waals surface area contributed by atoms with Gasteiger partial charge in [0.05, 0.1) is 18.2 Å². The van der Waals surface area contributed by atoms with Gasteiger partial charge in [-0.1, -0.05) is 66.2 Å². The number of nitrogens with one attached hydrogen (secondary N) is 5. The molecule has 1 fully saturated rings. The van der Waals surface area contributed by atoms with E-state index in [0.29, 0.717) is 30.8 Å². The molecule has 16 heteroatoms. The molecule has 1 heterocycles. The summed E-state index contributed by atoms with van der Waals surface area (Å²) in [6.07, 6.45) is -0.490. The van der Waals surface area contributed by atoms with Gasteiger partial charge in [-0.05, 0) is 100 Å². The molecule has 3 aromatic carbocycles. The smallest absolute Gasteiger partial charge is 0.251 e. The Morgan fingerprint density at radius 2 is 1.26 bits per heavy atom. The zero-order valence-electron chi connectivity index (χ0n) is 32.9. The number of aliphatic hydroxyl groups is 1. The van der Waals surface area contributed by atoms with E-state index in [1.165, 1.54) is 13.8 Å². The minimum atomic E-state index is -1.52. The third-order valence-electron chi connectivity index (χ3n) is 9.72. The van der Waals surface area contributed by atoms with Crippen molar-refractivity contribution in [3.8, 4) is 11.1 Å². The number of hydrogen-bond donors (Lipinski definition) is 8. The van der Waals surface area contributed by atoms with E-state index in [1.54, 1.807) is 43.3 Å². The van der Waals surface area contributed by atoms with Crippen LogP contribution in [-0.4, -0.2) is 102 Å². The molecule has 312 valence electrons. The molecular formula is C42H54ClN7O8. The van der Waals surface area contributed by atoms with E-state index in [2.05, 4.69) is 26.6 Å². The highest BCUT2D eigenvalue weighted by molar-refractivity contribution is 6.30. The molecule has 0 bridgehead atoms. The van der Waals surface area contributed by atoms with Gasteiger partial charge in [0.2, 0.25) is 23.6 Å². The third kappa shape index (κ3) is 13.5. The number of unbranched alkanes of at least 4 members (excludes halogenated alkanes) is 1. The van der Waals surface area contributed by atoms with Gasteiger partial charge in [-0.15, -0.1) is 0 Å². The number of Topliss-reactive ketones (excluding diaryl/α,β-unsaturated/α-hetero) is 1. The van der Waals surface area contributed by atoms with E-state index < -0.39 is 72.0 Å². The van der Waals surface area contributed by atoms with Crippen LogP contribution in [0.15, 0.2) is 78.9 Å². The molecule has 5 amide bonds. The van der Waals surface area contributed by atoms with Gasteiger partial charge in [-0.25, -0.2) is 0 Å². The molecule has 1 unspecified atom stereocenters. The van der Waals surface area contributed by atoms with Crippen molar-refractivity contribution in [2.45, 2.75) is 101 Å². The van der Waals surface area contributed by atoms with E-state index in [0.717, 1.165) is 16.7 Å². The van der Waals surface area contributed by atoms with Crippen LogP contribution in [0.4, 0.5) is 0 Å². The largest absolute Gasteiger partial charge is 0.391 e. The van der Waals surface area contributed by atoms with Gasteiger partial charge in [-0.3, -0.25) is 28.8 Å². The van der Waals surface area contributed by atoms with Crippen LogP contribution < -0.4 is 38.1 Å². The number of amides is 5. The van der Waals surface area contributed by atoms with Gasteiger partial charge in [0.1, 0.15) is 30.3 Å². The number of ether oxygens (including phenoxy) is 1. The van der Waals surface area contributed by atoms with Crippen molar-refractivity contribution in [3.63, 3.8) is 0 Å². The van der Waals surface area contributed by atoms with E-state index in [4.69, 9.17) is 27.8 Å². The lowest BCUT2D eigenvalue weighted by Gasteiger charge is -2.26. The fourth-order valence-corrected chi connectivity index (χ4v) is 6.37. The summed E-state index contributed by atoms with van der Waals surface area (Å²) < 4.78 is 5.60. The topological polar surface area (TPSA) is 247 Å². The maximum atomic E-state index is 13.4. The molecule has 3 aromatic rings. The number of halogens is 1. The summed E-state index contributed by atoms with van der Waals surface area (Å²) >= 11 is 5.98. The molecule has 10 N–H and O–H groups in total. The first-order chi connectivity index (χ1) is 27.7. The minimum absolute atomic E-state index is 0.0206. The lowest BCUT2D eigenvalue weighted by Crippen LogP contribution is -2.60. The number of carbonyl (C=O) groups is 6. The fraction of sp³-hybridized carbons (Fsp3) is 0.429. The molecule has 0 spiro atoms. The van der Waals surface area contributed by atoms with Gasteiger partial charge < -0.3 is 47.9 Å². The lowest BCUT2D eigenvalue weighted by atomic mass is 10.0. The van der Waals surface area contributed by atoms with Crippen molar-refractivity contribution < 1.29 is 38.6 Å². The first kappa shape index (κ1) is 45.5. The Bertz CT molecular complexity index is 1860. The highest BCUT2D eigenvalue weighted by Crippen LogP contribution is 2.28. The Balaban J connectivity index is 1.32. The van der Waals surface area contributed by atoms with Gasteiger partial charge >= 0.3 is 0 Å². The number of hydrogen-bond acceptors (Lipinski definition) is 10. The SMILES string of the molecule is C[C@H](NC(=O)[C@@H](NC(=O)[C@H](CCN)NC(=O)c1ccc(-c2ccc(Cl)cc2)cc1)[C@@H](C)O)C(=O)N[C@@H](CCCCN)C(=O)N[C@@H](C)C(=O)C1O[C@@H]1Cc1ccccc1. The van der Waals surface area contributed by atoms with Gasteiger partial charge in [-0.2, -0.15) is 0 Å². The summed E-state index contributed by atoms with van der Waals surface area (Å²) in [6.45, 7) is 4.60. The molecule has 4 rings (SSSR count). The molecule has 1 aliphatic heterocycles.